The first-order valence-corrected chi connectivity index (χ1v) is 7.23. The molecule has 0 radical (unpaired) electrons. The standard InChI is InChI=1S/C15H18F2N4O/c16-11-2-1-3-12(17)14(11)15-10(7-20-21-15)6-18-4-9-5-19-8-13(9)22/h1-3,7,9,13,18-19,22H,4-6,8H2,(H,20,21). The molecule has 1 saturated heterocycles. The summed E-state index contributed by atoms with van der Waals surface area (Å²) in [5.41, 5.74) is 0.928. The Morgan fingerprint density at radius 1 is 1.27 bits per heavy atom. The minimum atomic E-state index is -0.624. The van der Waals surface area contributed by atoms with Crippen molar-refractivity contribution in [1.82, 2.24) is 20.8 Å². The Morgan fingerprint density at radius 2 is 2.05 bits per heavy atom. The van der Waals surface area contributed by atoms with E-state index in [0.29, 0.717) is 30.9 Å². The van der Waals surface area contributed by atoms with Gasteiger partial charge in [-0.1, -0.05) is 6.07 Å². The van der Waals surface area contributed by atoms with Crippen molar-refractivity contribution < 1.29 is 13.9 Å². The van der Waals surface area contributed by atoms with Crippen LogP contribution in [0.4, 0.5) is 8.78 Å². The average molecular weight is 308 g/mol. The number of hydrogen-bond acceptors (Lipinski definition) is 4. The highest BCUT2D eigenvalue weighted by Gasteiger charge is 2.24. The second-order valence-corrected chi connectivity index (χ2v) is 5.48. The predicted octanol–water partition coefficient (Wildman–Crippen LogP) is 1.02. The van der Waals surface area contributed by atoms with Crippen molar-refractivity contribution in [2.75, 3.05) is 19.6 Å². The number of aromatic amines is 1. The van der Waals surface area contributed by atoms with E-state index in [1.165, 1.54) is 18.2 Å². The van der Waals surface area contributed by atoms with E-state index in [4.69, 9.17) is 0 Å². The van der Waals surface area contributed by atoms with Gasteiger partial charge in [-0.25, -0.2) is 8.78 Å². The van der Waals surface area contributed by atoms with Crippen LogP contribution in [0.5, 0.6) is 0 Å². The van der Waals surface area contributed by atoms with Gasteiger partial charge in [-0.2, -0.15) is 5.10 Å². The summed E-state index contributed by atoms with van der Waals surface area (Å²) in [6.45, 7) is 2.40. The van der Waals surface area contributed by atoms with Gasteiger partial charge in [0.05, 0.1) is 23.6 Å². The number of H-pyrrole nitrogens is 1. The Kier molecular flexibility index (Phi) is 4.47. The number of aromatic nitrogens is 2. The molecule has 0 bridgehead atoms. The van der Waals surface area contributed by atoms with Gasteiger partial charge in [0.15, 0.2) is 0 Å². The van der Waals surface area contributed by atoms with E-state index in [2.05, 4.69) is 20.8 Å². The third-order valence-electron chi connectivity index (χ3n) is 3.96. The van der Waals surface area contributed by atoms with Gasteiger partial charge in [0.2, 0.25) is 0 Å². The first-order valence-electron chi connectivity index (χ1n) is 7.23. The molecule has 0 aliphatic carbocycles. The molecule has 1 aliphatic rings. The van der Waals surface area contributed by atoms with Gasteiger partial charge in [0.1, 0.15) is 11.6 Å². The lowest BCUT2D eigenvalue weighted by Gasteiger charge is -2.14. The van der Waals surface area contributed by atoms with E-state index in [0.717, 1.165) is 6.54 Å². The molecule has 1 aromatic carbocycles. The fraction of sp³-hybridized carbons (Fsp3) is 0.400. The van der Waals surface area contributed by atoms with Gasteiger partial charge < -0.3 is 15.7 Å². The van der Waals surface area contributed by atoms with Crippen LogP contribution in [0.25, 0.3) is 11.3 Å². The molecule has 1 aliphatic heterocycles. The maximum atomic E-state index is 13.9. The zero-order chi connectivity index (χ0) is 15.5. The zero-order valence-corrected chi connectivity index (χ0v) is 11.9. The normalized spacial score (nSPS) is 21.4. The summed E-state index contributed by atoms with van der Waals surface area (Å²) >= 11 is 0. The predicted molar refractivity (Wildman–Crippen MR) is 78.0 cm³/mol. The van der Waals surface area contributed by atoms with Crippen molar-refractivity contribution in [2.24, 2.45) is 5.92 Å². The van der Waals surface area contributed by atoms with Crippen LogP contribution in [0, 0.1) is 17.6 Å². The molecule has 22 heavy (non-hydrogen) atoms. The number of β-amino-alcohol motifs (C(OH)–C–C–N with tert-alkyl or cyclic N) is 1. The van der Waals surface area contributed by atoms with E-state index >= 15 is 0 Å². The van der Waals surface area contributed by atoms with Crippen molar-refractivity contribution in [2.45, 2.75) is 12.6 Å². The van der Waals surface area contributed by atoms with Gasteiger partial charge in [-0.15, -0.1) is 0 Å². The Balaban J connectivity index is 1.70. The van der Waals surface area contributed by atoms with Crippen molar-refractivity contribution in [3.8, 4) is 11.3 Å². The summed E-state index contributed by atoms with van der Waals surface area (Å²) in [4.78, 5) is 0. The lowest BCUT2D eigenvalue weighted by Crippen LogP contribution is -2.30. The molecule has 2 unspecified atom stereocenters. The summed E-state index contributed by atoms with van der Waals surface area (Å²) in [6, 6.07) is 3.77. The smallest absolute Gasteiger partial charge is 0.135 e. The largest absolute Gasteiger partial charge is 0.391 e. The first-order chi connectivity index (χ1) is 10.7. The van der Waals surface area contributed by atoms with Gasteiger partial charge in [-0.3, -0.25) is 5.10 Å². The molecule has 2 heterocycles. The minimum Gasteiger partial charge on any atom is -0.391 e. The summed E-state index contributed by atoms with van der Waals surface area (Å²) < 4.78 is 27.7. The number of aliphatic hydroxyl groups is 1. The number of halogens is 2. The third kappa shape index (κ3) is 3.01. The van der Waals surface area contributed by atoms with Crippen LogP contribution >= 0.6 is 0 Å². The highest BCUT2D eigenvalue weighted by molar-refractivity contribution is 5.64. The quantitative estimate of drug-likeness (QED) is 0.665. The SMILES string of the molecule is OC1CNCC1CNCc1cn[nH]c1-c1c(F)cccc1F. The van der Waals surface area contributed by atoms with Gasteiger partial charge in [0, 0.05) is 37.7 Å². The van der Waals surface area contributed by atoms with Crippen LogP contribution in [0.2, 0.25) is 0 Å². The Hall–Kier alpha value is -1.83. The molecule has 0 spiro atoms. The highest BCUT2D eigenvalue weighted by Crippen LogP contribution is 2.27. The van der Waals surface area contributed by atoms with Crippen LogP contribution in [0.3, 0.4) is 0 Å². The molecule has 0 saturated carbocycles. The van der Waals surface area contributed by atoms with Crippen LogP contribution in [0.1, 0.15) is 5.56 Å². The number of nitrogens with one attached hydrogen (secondary N) is 3. The van der Waals surface area contributed by atoms with Crippen molar-refractivity contribution in [3.63, 3.8) is 0 Å². The fourth-order valence-electron chi connectivity index (χ4n) is 2.72. The molecule has 7 heteroatoms. The maximum absolute atomic E-state index is 13.9. The Bertz CT molecular complexity index is 626. The molecule has 4 N–H and O–H groups in total. The number of aliphatic hydroxyl groups excluding tert-OH is 1. The lowest BCUT2D eigenvalue weighted by molar-refractivity contribution is 0.146. The molecule has 0 amide bonds. The number of rotatable bonds is 5. The van der Waals surface area contributed by atoms with Gasteiger partial charge >= 0.3 is 0 Å². The van der Waals surface area contributed by atoms with Gasteiger partial charge in [-0.05, 0) is 12.1 Å². The third-order valence-corrected chi connectivity index (χ3v) is 3.96. The second-order valence-electron chi connectivity index (χ2n) is 5.48. The van der Waals surface area contributed by atoms with Crippen LogP contribution in [-0.4, -0.2) is 41.0 Å². The van der Waals surface area contributed by atoms with E-state index in [1.807, 2.05) is 0 Å². The first kappa shape index (κ1) is 15.1. The van der Waals surface area contributed by atoms with Crippen LogP contribution in [0.15, 0.2) is 24.4 Å². The van der Waals surface area contributed by atoms with E-state index in [1.54, 1.807) is 6.20 Å². The Labute approximate surface area is 126 Å². The zero-order valence-electron chi connectivity index (χ0n) is 11.9. The highest BCUT2D eigenvalue weighted by atomic mass is 19.1. The maximum Gasteiger partial charge on any atom is 0.135 e. The summed E-state index contributed by atoms with van der Waals surface area (Å²) in [7, 11) is 0. The average Bonchev–Trinajstić information content (AvgIpc) is 3.09. The van der Waals surface area contributed by atoms with Gasteiger partial charge in [0.25, 0.3) is 0 Å². The van der Waals surface area contributed by atoms with E-state index < -0.39 is 11.6 Å². The van der Waals surface area contributed by atoms with E-state index in [9.17, 15) is 13.9 Å². The fourth-order valence-corrected chi connectivity index (χ4v) is 2.72. The summed E-state index contributed by atoms with van der Waals surface area (Å²) in [5, 5.41) is 22.6. The number of hydrogen-bond donors (Lipinski definition) is 4. The molecule has 3 rings (SSSR count). The van der Waals surface area contributed by atoms with Crippen LogP contribution < -0.4 is 10.6 Å². The molecular weight excluding hydrogens is 290 g/mol. The molecule has 1 fully saturated rings. The minimum absolute atomic E-state index is 0.0978. The van der Waals surface area contributed by atoms with E-state index in [-0.39, 0.29) is 17.6 Å². The molecule has 5 nitrogen and oxygen atoms in total. The molecule has 2 atom stereocenters. The lowest BCUT2D eigenvalue weighted by atomic mass is 10.1. The number of nitrogens with zero attached hydrogens (tertiary/aromatic N) is 1. The van der Waals surface area contributed by atoms with Crippen LogP contribution in [-0.2, 0) is 6.54 Å². The monoisotopic (exact) mass is 308 g/mol. The molecule has 118 valence electrons. The Morgan fingerprint density at radius 3 is 2.73 bits per heavy atom. The molecule has 2 aromatic rings. The topological polar surface area (TPSA) is 73.0 Å². The second kappa shape index (κ2) is 6.51. The van der Waals surface area contributed by atoms with Crippen molar-refractivity contribution in [3.05, 3.63) is 41.6 Å². The number of benzene rings is 1. The summed E-state index contributed by atoms with van der Waals surface area (Å²) in [6.07, 6.45) is 1.19. The summed E-state index contributed by atoms with van der Waals surface area (Å²) in [5.74, 6) is -1.11. The molecular formula is C15H18F2N4O. The van der Waals surface area contributed by atoms with Crippen molar-refractivity contribution >= 4 is 0 Å². The van der Waals surface area contributed by atoms with Crippen molar-refractivity contribution in [1.29, 1.82) is 0 Å². The molecule has 1 aromatic heterocycles.